The predicted molar refractivity (Wildman–Crippen MR) is 74.9 cm³/mol. The molecule has 0 saturated carbocycles. The first-order valence-electron chi connectivity index (χ1n) is 7.25. The number of hydrogen-bond donors (Lipinski definition) is 0. The van der Waals surface area contributed by atoms with Gasteiger partial charge in [-0.15, -0.1) is 0 Å². The summed E-state index contributed by atoms with van der Waals surface area (Å²) in [7, 11) is 0. The SMILES string of the molecule is CC(=O)CC1CCCCCN1C(=O)c1cccc(F)c1F. The van der Waals surface area contributed by atoms with Gasteiger partial charge in [-0.3, -0.25) is 9.59 Å². The van der Waals surface area contributed by atoms with Crippen molar-refractivity contribution < 1.29 is 18.4 Å². The second-order valence-electron chi connectivity index (χ2n) is 5.51. The Hall–Kier alpha value is -1.78. The monoisotopic (exact) mass is 295 g/mol. The number of nitrogens with zero attached hydrogens (tertiary/aromatic N) is 1. The molecular weight excluding hydrogens is 276 g/mol. The van der Waals surface area contributed by atoms with Crippen LogP contribution in [0.15, 0.2) is 18.2 Å². The van der Waals surface area contributed by atoms with Crippen LogP contribution in [0.2, 0.25) is 0 Å². The highest BCUT2D eigenvalue weighted by Gasteiger charge is 2.29. The summed E-state index contributed by atoms with van der Waals surface area (Å²) in [5.74, 6) is -2.67. The Labute approximate surface area is 122 Å². The Morgan fingerprint density at radius 2 is 2.00 bits per heavy atom. The van der Waals surface area contributed by atoms with Gasteiger partial charge in [-0.1, -0.05) is 18.9 Å². The number of hydrogen-bond acceptors (Lipinski definition) is 2. The fourth-order valence-electron chi connectivity index (χ4n) is 2.81. The fraction of sp³-hybridized carbons (Fsp3) is 0.500. The lowest BCUT2D eigenvalue weighted by molar-refractivity contribution is -0.118. The number of carbonyl (C=O) groups excluding carboxylic acids is 2. The Bertz CT molecular complexity index is 545. The molecule has 114 valence electrons. The first-order chi connectivity index (χ1) is 10.0. The largest absolute Gasteiger partial charge is 0.335 e. The van der Waals surface area contributed by atoms with Crippen LogP contribution < -0.4 is 0 Å². The lowest BCUT2D eigenvalue weighted by atomic mass is 10.0. The number of benzene rings is 1. The van der Waals surface area contributed by atoms with Gasteiger partial charge in [0.05, 0.1) is 5.56 Å². The molecule has 1 aliphatic heterocycles. The van der Waals surface area contributed by atoms with Crippen molar-refractivity contribution in [3.05, 3.63) is 35.4 Å². The maximum atomic E-state index is 13.8. The van der Waals surface area contributed by atoms with Gasteiger partial charge < -0.3 is 4.90 Å². The highest BCUT2D eigenvalue weighted by molar-refractivity contribution is 5.95. The van der Waals surface area contributed by atoms with Gasteiger partial charge in [-0.05, 0) is 31.9 Å². The van der Waals surface area contributed by atoms with E-state index in [9.17, 15) is 18.4 Å². The standard InChI is InChI=1S/C16H19F2NO2/c1-11(20)10-12-6-3-2-4-9-19(12)16(21)13-7-5-8-14(17)15(13)18/h5,7-8,12H,2-4,6,9-10H2,1H3. The van der Waals surface area contributed by atoms with Crippen molar-refractivity contribution in [3.8, 4) is 0 Å². The summed E-state index contributed by atoms with van der Waals surface area (Å²) in [4.78, 5) is 25.4. The number of halogens is 2. The molecule has 1 fully saturated rings. The van der Waals surface area contributed by atoms with Crippen LogP contribution in [0.4, 0.5) is 8.78 Å². The number of Topliss-reactive ketones (excluding diaryl/α,β-unsaturated/α-hetero) is 1. The van der Waals surface area contributed by atoms with E-state index in [1.165, 1.54) is 24.0 Å². The molecule has 1 unspecified atom stereocenters. The van der Waals surface area contributed by atoms with Gasteiger partial charge in [0.2, 0.25) is 0 Å². The molecule has 5 heteroatoms. The quantitative estimate of drug-likeness (QED) is 0.857. The van der Waals surface area contributed by atoms with Crippen LogP contribution in [0.25, 0.3) is 0 Å². The van der Waals surface area contributed by atoms with E-state index in [2.05, 4.69) is 0 Å². The van der Waals surface area contributed by atoms with E-state index < -0.39 is 17.5 Å². The van der Waals surface area contributed by atoms with Crippen LogP contribution in [-0.4, -0.2) is 29.2 Å². The Balaban J connectivity index is 2.28. The van der Waals surface area contributed by atoms with Crippen molar-refractivity contribution in [3.63, 3.8) is 0 Å². The summed E-state index contributed by atoms with van der Waals surface area (Å²) < 4.78 is 27.1. The van der Waals surface area contributed by atoms with Gasteiger partial charge >= 0.3 is 0 Å². The van der Waals surface area contributed by atoms with Crippen molar-refractivity contribution in [1.29, 1.82) is 0 Å². The first-order valence-corrected chi connectivity index (χ1v) is 7.25. The van der Waals surface area contributed by atoms with Gasteiger partial charge in [0.25, 0.3) is 5.91 Å². The molecule has 21 heavy (non-hydrogen) atoms. The van der Waals surface area contributed by atoms with Gasteiger partial charge in [0, 0.05) is 19.0 Å². The summed E-state index contributed by atoms with van der Waals surface area (Å²) in [6.07, 6.45) is 3.72. The molecule has 0 radical (unpaired) electrons. The van der Waals surface area contributed by atoms with Crippen molar-refractivity contribution in [2.75, 3.05) is 6.54 Å². The number of carbonyl (C=O) groups is 2. The molecule has 1 atom stereocenters. The molecule has 2 rings (SSSR count). The minimum Gasteiger partial charge on any atom is -0.335 e. The summed E-state index contributed by atoms with van der Waals surface area (Å²) in [6, 6.07) is 3.38. The van der Waals surface area contributed by atoms with Gasteiger partial charge in [0.15, 0.2) is 11.6 Å². The summed E-state index contributed by atoms with van der Waals surface area (Å²) >= 11 is 0. The van der Waals surface area contributed by atoms with Crippen molar-refractivity contribution in [1.82, 2.24) is 4.90 Å². The average molecular weight is 295 g/mol. The van der Waals surface area contributed by atoms with Crippen molar-refractivity contribution >= 4 is 11.7 Å². The molecule has 0 bridgehead atoms. The van der Waals surface area contributed by atoms with Crippen molar-refractivity contribution in [2.24, 2.45) is 0 Å². The molecule has 0 aromatic heterocycles. The summed E-state index contributed by atoms with van der Waals surface area (Å²) in [5.41, 5.74) is -0.259. The minimum absolute atomic E-state index is 0.000542. The Kier molecular flexibility index (Phi) is 5.04. The lowest BCUT2D eigenvalue weighted by Crippen LogP contribution is -2.41. The third-order valence-electron chi connectivity index (χ3n) is 3.84. The lowest BCUT2D eigenvalue weighted by Gasteiger charge is -2.29. The Morgan fingerprint density at radius 3 is 2.71 bits per heavy atom. The van der Waals surface area contributed by atoms with E-state index in [1.54, 1.807) is 0 Å². The average Bonchev–Trinajstić information content (AvgIpc) is 2.66. The highest BCUT2D eigenvalue weighted by atomic mass is 19.2. The second-order valence-corrected chi connectivity index (χ2v) is 5.51. The van der Waals surface area contributed by atoms with Gasteiger partial charge in [-0.25, -0.2) is 8.78 Å². The van der Waals surface area contributed by atoms with Crippen LogP contribution in [0.5, 0.6) is 0 Å². The van der Waals surface area contributed by atoms with Gasteiger partial charge in [0.1, 0.15) is 5.78 Å². The maximum absolute atomic E-state index is 13.8. The molecular formula is C16H19F2NO2. The number of ketones is 1. The molecule has 1 aliphatic rings. The zero-order valence-electron chi connectivity index (χ0n) is 12.1. The molecule has 0 aliphatic carbocycles. The van der Waals surface area contributed by atoms with E-state index in [4.69, 9.17) is 0 Å². The fourth-order valence-corrected chi connectivity index (χ4v) is 2.81. The van der Waals surface area contributed by atoms with Crippen LogP contribution in [0.1, 0.15) is 49.4 Å². The van der Waals surface area contributed by atoms with Crippen LogP contribution in [-0.2, 0) is 4.79 Å². The Morgan fingerprint density at radius 1 is 1.24 bits per heavy atom. The normalized spacial score (nSPS) is 19.2. The van der Waals surface area contributed by atoms with Crippen molar-refractivity contribution in [2.45, 2.75) is 45.1 Å². The van der Waals surface area contributed by atoms with Crippen LogP contribution in [0.3, 0.4) is 0 Å². The van der Waals surface area contributed by atoms with E-state index in [1.807, 2.05) is 0 Å². The van der Waals surface area contributed by atoms with E-state index in [0.29, 0.717) is 6.54 Å². The number of amides is 1. The minimum atomic E-state index is -1.12. The molecule has 1 saturated heterocycles. The topological polar surface area (TPSA) is 37.4 Å². The molecule has 1 aromatic rings. The summed E-state index contributed by atoms with van der Waals surface area (Å²) in [5, 5.41) is 0. The molecule has 0 N–H and O–H groups in total. The predicted octanol–water partition coefficient (Wildman–Crippen LogP) is 3.33. The maximum Gasteiger partial charge on any atom is 0.257 e. The molecule has 0 spiro atoms. The van der Waals surface area contributed by atoms with Crippen LogP contribution in [0, 0.1) is 11.6 Å². The van der Waals surface area contributed by atoms with Crippen LogP contribution >= 0.6 is 0 Å². The third kappa shape index (κ3) is 3.65. The molecule has 1 amide bonds. The van der Waals surface area contributed by atoms with E-state index in [-0.39, 0.29) is 23.8 Å². The van der Waals surface area contributed by atoms with Gasteiger partial charge in [-0.2, -0.15) is 0 Å². The molecule has 3 nitrogen and oxygen atoms in total. The second kappa shape index (κ2) is 6.78. The molecule has 1 aromatic carbocycles. The first kappa shape index (κ1) is 15.6. The zero-order valence-corrected chi connectivity index (χ0v) is 12.1. The molecule has 1 heterocycles. The zero-order chi connectivity index (χ0) is 15.4. The smallest absolute Gasteiger partial charge is 0.257 e. The number of likely N-dealkylation sites (tertiary alicyclic amines) is 1. The summed E-state index contributed by atoms with van der Waals surface area (Å²) in [6.45, 7) is 1.96. The van der Waals surface area contributed by atoms with E-state index in [0.717, 1.165) is 31.7 Å². The number of rotatable bonds is 3. The highest BCUT2D eigenvalue weighted by Crippen LogP contribution is 2.23. The van der Waals surface area contributed by atoms with E-state index >= 15 is 0 Å². The third-order valence-corrected chi connectivity index (χ3v) is 3.84.